The quantitative estimate of drug-likeness (QED) is 0.175. The van der Waals surface area contributed by atoms with Crippen LogP contribution in [-0.4, -0.2) is 62.8 Å². The number of carboxylic acid groups (broad SMARTS) is 1. The zero-order chi connectivity index (χ0) is 24.7. The van der Waals surface area contributed by atoms with E-state index >= 15 is 0 Å². The molecule has 0 aliphatic carbocycles. The smallest absolute Gasteiger partial charge is 0.352 e. The summed E-state index contributed by atoms with van der Waals surface area (Å²) in [7, 11) is 1.25. The summed E-state index contributed by atoms with van der Waals surface area (Å²) < 4.78 is 12.2. The zero-order valence-electron chi connectivity index (χ0n) is 18.2. The molecule has 0 aromatic carbocycles. The first-order valence-electron chi connectivity index (χ1n) is 10.3. The van der Waals surface area contributed by atoms with Gasteiger partial charge < -0.3 is 29.8 Å². The third-order valence-electron chi connectivity index (χ3n) is 5.56. The van der Waals surface area contributed by atoms with Gasteiger partial charge in [0, 0.05) is 23.5 Å². The molecule has 180 valence electrons. The second kappa shape index (κ2) is 8.79. The van der Waals surface area contributed by atoms with Crippen LogP contribution >= 0.6 is 11.8 Å². The number of anilines is 1. The molecule has 5 rings (SSSR count). The highest BCUT2D eigenvalue weighted by Crippen LogP contribution is 2.40. The number of nitrogens with one attached hydrogen (secondary N) is 1. The second-order valence-electron chi connectivity index (χ2n) is 7.62. The van der Waals surface area contributed by atoms with E-state index in [0.717, 1.165) is 11.8 Å². The molecule has 14 heteroatoms. The molecule has 2 unspecified atom stereocenters. The van der Waals surface area contributed by atoms with E-state index in [0.29, 0.717) is 16.9 Å². The monoisotopic (exact) mass is 499 g/mol. The summed E-state index contributed by atoms with van der Waals surface area (Å²) in [6.07, 6.45) is 4.50. The number of nitrogens with zero attached hydrogens (tertiary/aromatic N) is 4. The number of nitrogen functional groups attached to an aromatic ring is 1. The molecule has 0 spiro atoms. The number of nitrogens with two attached hydrogens (primary N) is 1. The molecule has 2 atom stereocenters. The number of thioether (sulfide) groups is 1. The van der Waals surface area contributed by atoms with Crippen molar-refractivity contribution in [3.05, 3.63) is 53.9 Å². The molecule has 13 nitrogen and oxygen atoms in total. The number of pyridine rings is 1. The molecule has 2 aliphatic rings. The normalized spacial score (nSPS) is 20.0. The number of hydrogen-bond acceptors (Lipinski definition) is 10. The van der Waals surface area contributed by atoms with Gasteiger partial charge in [0.1, 0.15) is 36.2 Å². The Bertz CT molecular complexity index is 1410. The van der Waals surface area contributed by atoms with Gasteiger partial charge in [-0.3, -0.25) is 14.5 Å². The number of hydrogen-bond donors (Lipinski definition) is 3. The van der Waals surface area contributed by atoms with E-state index in [4.69, 9.17) is 19.4 Å². The summed E-state index contributed by atoms with van der Waals surface area (Å²) >= 11 is 1.35. The Hall–Kier alpha value is -4.33. The van der Waals surface area contributed by atoms with Crippen molar-refractivity contribution in [2.45, 2.75) is 18.0 Å². The lowest BCUT2D eigenvalue weighted by Crippen LogP contribution is -2.71. The van der Waals surface area contributed by atoms with Crippen LogP contribution in [0.4, 0.5) is 6.01 Å². The molecule has 3 aromatic heterocycles. The van der Waals surface area contributed by atoms with Gasteiger partial charge in [0.25, 0.3) is 23.3 Å². The number of fused-ring (bicyclic) bond motifs is 2. The number of oxime groups is 1. The third-order valence-corrected chi connectivity index (χ3v) is 6.90. The van der Waals surface area contributed by atoms with Crippen molar-refractivity contribution >= 4 is 52.4 Å². The molecule has 4 N–H and O–H groups in total. The van der Waals surface area contributed by atoms with Crippen molar-refractivity contribution in [2.24, 2.45) is 5.16 Å². The number of carboxylic acids is 1. The number of amides is 2. The molecule has 0 radical (unpaired) electrons. The maximum absolute atomic E-state index is 13.0. The summed E-state index contributed by atoms with van der Waals surface area (Å²) in [5, 5.41) is 15.6. The number of rotatable bonds is 7. The standard InChI is InChI=1S/C21H18N6O7S/c1-32-25-14(11-8-34-21(22)23-11)17(28)24-15-18(29)27-16(20(30)31)10(9-35-19(15)27)7-26-5-2-3-13-12(26)4-6-33-13/h2-6,8,15,19H,7,9H2,1H3,(H3-,22,23,24,28,30,31)/p+1/b25-14+. The van der Waals surface area contributed by atoms with Gasteiger partial charge in [-0.1, -0.05) is 5.16 Å². The molecule has 1 saturated heterocycles. The minimum Gasteiger partial charge on any atom is -0.477 e. The summed E-state index contributed by atoms with van der Waals surface area (Å²) in [6.45, 7) is 0.261. The van der Waals surface area contributed by atoms with Crippen LogP contribution in [-0.2, 0) is 25.8 Å². The van der Waals surface area contributed by atoms with E-state index in [2.05, 4.69) is 15.5 Å². The first-order valence-corrected chi connectivity index (χ1v) is 11.3. The molecule has 3 aromatic rings. The highest BCUT2D eigenvalue weighted by molar-refractivity contribution is 8.00. The highest BCUT2D eigenvalue weighted by atomic mass is 32.2. The first kappa shape index (κ1) is 22.5. The molecule has 2 aliphatic heterocycles. The topological polar surface area (TPSA) is 177 Å². The second-order valence-corrected chi connectivity index (χ2v) is 8.72. The van der Waals surface area contributed by atoms with Gasteiger partial charge in [-0.05, 0) is 6.07 Å². The summed E-state index contributed by atoms with van der Waals surface area (Å²) in [5.41, 5.74) is 7.19. The lowest BCUT2D eigenvalue weighted by atomic mass is 10.0. The molecule has 5 heterocycles. The SMILES string of the molecule is CO/N=C(/C(=O)NC1C(=O)N2C(C(=O)O)=C(C[n+]3cccc4occc43)CSC12)c1coc(N)n1. The van der Waals surface area contributed by atoms with E-state index in [9.17, 15) is 19.5 Å². The number of aromatic nitrogens is 2. The van der Waals surface area contributed by atoms with Crippen LogP contribution in [0.3, 0.4) is 0 Å². The van der Waals surface area contributed by atoms with Crippen LogP contribution < -0.4 is 15.6 Å². The van der Waals surface area contributed by atoms with Gasteiger partial charge in [-0.25, -0.2) is 4.79 Å². The average Bonchev–Trinajstić information content (AvgIpc) is 3.49. The van der Waals surface area contributed by atoms with Crippen LogP contribution in [0.25, 0.3) is 11.1 Å². The fraction of sp³-hybridized carbons (Fsp3) is 0.238. The van der Waals surface area contributed by atoms with Crippen LogP contribution in [0.15, 0.2) is 62.2 Å². The molecule has 1 fully saturated rings. The summed E-state index contributed by atoms with van der Waals surface area (Å²) in [4.78, 5) is 47.7. The molecular formula is C21H19N6O7S+. The van der Waals surface area contributed by atoms with Crippen molar-refractivity contribution in [1.29, 1.82) is 0 Å². The van der Waals surface area contributed by atoms with Crippen molar-refractivity contribution < 1.29 is 37.7 Å². The number of furan rings is 1. The Morgan fingerprint density at radius 3 is 2.97 bits per heavy atom. The van der Waals surface area contributed by atoms with Gasteiger partial charge in [-0.15, -0.1) is 11.8 Å². The van der Waals surface area contributed by atoms with E-state index < -0.39 is 29.2 Å². The molecule has 0 bridgehead atoms. The molecular weight excluding hydrogens is 480 g/mol. The molecule has 35 heavy (non-hydrogen) atoms. The predicted octanol–water partition coefficient (Wildman–Crippen LogP) is 0.0798. The fourth-order valence-electron chi connectivity index (χ4n) is 4.04. The van der Waals surface area contributed by atoms with Crippen molar-refractivity contribution in [2.75, 3.05) is 18.6 Å². The average molecular weight is 499 g/mol. The molecule has 0 saturated carbocycles. The van der Waals surface area contributed by atoms with Crippen LogP contribution in [0.2, 0.25) is 0 Å². The summed E-state index contributed by atoms with van der Waals surface area (Å²) in [5.74, 6) is -2.16. The lowest BCUT2D eigenvalue weighted by Gasteiger charge is -2.49. The van der Waals surface area contributed by atoms with Gasteiger partial charge in [0.05, 0.1) is 6.26 Å². The van der Waals surface area contributed by atoms with Crippen LogP contribution in [0.5, 0.6) is 0 Å². The van der Waals surface area contributed by atoms with Crippen molar-refractivity contribution in [1.82, 2.24) is 15.2 Å². The predicted molar refractivity (Wildman–Crippen MR) is 121 cm³/mol. The highest BCUT2D eigenvalue weighted by Gasteiger charge is 2.54. The van der Waals surface area contributed by atoms with Crippen molar-refractivity contribution in [3.63, 3.8) is 0 Å². The molecule has 2 amide bonds. The number of β-lactam (4-membered cyclic amide) rings is 1. The Labute approximate surface area is 201 Å². The largest absolute Gasteiger partial charge is 0.477 e. The number of aliphatic carboxylic acids is 1. The third kappa shape index (κ3) is 3.86. The van der Waals surface area contributed by atoms with Gasteiger partial charge in [0.15, 0.2) is 24.0 Å². The van der Waals surface area contributed by atoms with E-state index in [1.54, 1.807) is 18.4 Å². The summed E-state index contributed by atoms with van der Waals surface area (Å²) in [6, 6.07) is 4.27. The Kier molecular flexibility index (Phi) is 5.64. The lowest BCUT2D eigenvalue weighted by molar-refractivity contribution is -0.663. The Morgan fingerprint density at radius 1 is 1.43 bits per heavy atom. The Morgan fingerprint density at radius 2 is 2.26 bits per heavy atom. The van der Waals surface area contributed by atoms with E-state index in [-0.39, 0.29) is 29.7 Å². The number of carbonyl (C=O) groups excluding carboxylic acids is 2. The zero-order valence-corrected chi connectivity index (χ0v) is 19.0. The van der Waals surface area contributed by atoms with E-state index in [1.807, 2.05) is 16.8 Å². The maximum Gasteiger partial charge on any atom is 0.352 e. The maximum atomic E-state index is 13.0. The van der Waals surface area contributed by atoms with Crippen LogP contribution in [0, 0.1) is 0 Å². The minimum atomic E-state index is -1.22. The Balaban J connectivity index is 1.38. The first-order chi connectivity index (χ1) is 16.9. The number of oxazole rings is 1. The van der Waals surface area contributed by atoms with Gasteiger partial charge in [-0.2, -0.15) is 9.55 Å². The van der Waals surface area contributed by atoms with Crippen LogP contribution in [0.1, 0.15) is 5.69 Å². The minimum absolute atomic E-state index is 0.0284. The van der Waals surface area contributed by atoms with Crippen molar-refractivity contribution in [3.8, 4) is 0 Å². The van der Waals surface area contributed by atoms with E-state index in [1.165, 1.54) is 23.8 Å². The van der Waals surface area contributed by atoms with Gasteiger partial charge >= 0.3 is 5.97 Å². The van der Waals surface area contributed by atoms with Gasteiger partial charge in [0.2, 0.25) is 0 Å². The number of carbonyl (C=O) groups is 3. The fourth-order valence-corrected chi connectivity index (χ4v) is 5.38.